The zero-order valence-corrected chi connectivity index (χ0v) is 7.99. The van der Waals surface area contributed by atoms with Gasteiger partial charge in [-0.25, -0.2) is 14.8 Å². The molecule has 1 fully saturated rings. The number of nitro groups is 1. The van der Waals surface area contributed by atoms with Crippen LogP contribution in [0.1, 0.15) is 5.82 Å². The van der Waals surface area contributed by atoms with Gasteiger partial charge in [0.15, 0.2) is 0 Å². The molecule has 0 aromatic carbocycles. The van der Waals surface area contributed by atoms with Gasteiger partial charge in [-0.2, -0.15) is 10.1 Å². The fourth-order valence-corrected chi connectivity index (χ4v) is 1.10. The number of carbonyl (C=O) groups excluding carboxylic acids is 1. The van der Waals surface area contributed by atoms with E-state index in [1.807, 2.05) is 0 Å². The molecule has 1 aromatic heterocycles. The molecule has 0 bridgehead atoms. The number of ether oxygens (including phenoxy) is 1. The number of aromatic nitrogens is 2. The Morgan fingerprint density at radius 3 is 3.12 bits per heavy atom. The highest BCUT2D eigenvalue weighted by molar-refractivity contribution is 5.77. The lowest BCUT2D eigenvalue weighted by molar-refractivity contribution is -0.389. The number of H-pyrrole nitrogens is 1. The molecule has 16 heavy (non-hydrogen) atoms. The zero-order valence-electron chi connectivity index (χ0n) is 7.99. The number of hydrazone groups is 1. The minimum atomic E-state index is -0.603. The van der Waals surface area contributed by atoms with Gasteiger partial charge in [0, 0.05) is 0 Å². The average molecular weight is 225 g/mol. The van der Waals surface area contributed by atoms with Crippen LogP contribution in [0.4, 0.5) is 10.6 Å². The van der Waals surface area contributed by atoms with E-state index in [1.165, 1.54) is 6.21 Å². The lowest BCUT2D eigenvalue weighted by atomic mass is 10.7. The molecular weight excluding hydrogens is 218 g/mol. The maximum Gasteiger partial charge on any atom is 0.430 e. The molecule has 1 aliphatic rings. The van der Waals surface area contributed by atoms with E-state index in [-0.39, 0.29) is 18.2 Å². The second-order valence-corrected chi connectivity index (χ2v) is 2.89. The standard InChI is InChI=1S/C7H7N5O4/c13-7-11(1-2-16-7)9-3-5-8-4-6(10-5)12(14)15/h3-4H,1-2H2,(H,8,10)/b9-3+. The normalized spacial score (nSPS) is 15.8. The summed E-state index contributed by atoms with van der Waals surface area (Å²) in [7, 11) is 0. The topological polar surface area (TPSA) is 114 Å². The fourth-order valence-electron chi connectivity index (χ4n) is 1.10. The Balaban J connectivity index is 2.05. The van der Waals surface area contributed by atoms with E-state index in [4.69, 9.17) is 0 Å². The second-order valence-electron chi connectivity index (χ2n) is 2.89. The van der Waals surface area contributed by atoms with Gasteiger partial charge in [-0.15, -0.1) is 0 Å². The van der Waals surface area contributed by atoms with E-state index in [0.717, 1.165) is 11.2 Å². The zero-order chi connectivity index (χ0) is 11.5. The molecule has 2 heterocycles. The van der Waals surface area contributed by atoms with Crippen LogP contribution in [-0.2, 0) is 4.74 Å². The third kappa shape index (κ3) is 1.97. The van der Waals surface area contributed by atoms with Crippen molar-refractivity contribution in [2.45, 2.75) is 0 Å². The SMILES string of the molecule is O=C1OCCN1/N=C/c1ncc([N+](=O)[O-])[nH]1. The summed E-state index contributed by atoms with van der Waals surface area (Å²) in [6.07, 6.45) is 1.75. The number of carbonyl (C=O) groups is 1. The van der Waals surface area contributed by atoms with E-state index in [1.54, 1.807) is 0 Å². The lowest BCUT2D eigenvalue weighted by Gasteiger charge is -2.01. The molecule has 0 saturated carbocycles. The van der Waals surface area contributed by atoms with Crippen LogP contribution in [0.5, 0.6) is 0 Å². The van der Waals surface area contributed by atoms with E-state index in [9.17, 15) is 14.9 Å². The van der Waals surface area contributed by atoms with Crippen LogP contribution in [0.2, 0.25) is 0 Å². The highest BCUT2D eigenvalue weighted by Gasteiger charge is 2.21. The summed E-state index contributed by atoms with van der Waals surface area (Å²) in [6, 6.07) is 0. The van der Waals surface area contributed by atoms with E-state index in [0.29, 0.717) is 6.54 Å². The van der Waals surface area contributed by atoms with Gasteiger partial charge in [0.05, 0.1) is 6.54 Å². The van der Waals surface area contributed by atoms with Gasteiger partial charge in [0.2, 0.25) is 5.82 Å². The van der Waals surface area contributed by atoms with Crippen LogP contribution in [0.15, 0.2) is 11.3 Å². The van der Waals surface area contributed by atoms with E-state index < -0.39 is 11.0 Å². The quantitative estimate of drug-likeness (QED) is 0.445. The molecule has 0 atom stereocenters. The lowest BCUT2D eigenvalue weighted by Crippen LogP contribution is -2.17. The van der Waals surface area contributed by atoms with Gasteiger partial charge >= 0.3 is 11.9 Å². The highest BCUT2D eigenvalue weighted by Crippen LogP contribution is 2.06. The van der Waals surface area contributed by atoms with Crippen molar-refractivity contribution in [1.82, 2.24) is 15.0 Å². The molecule has 0 radical (unpaired) electrons. The maximum atomic E-state index is 11.0. The summed E-state index contributed by atoms with van der Waals surface area (Å²) in [5, 5.41) is 15.2. The molecule has 2 rings (SSSR count). The molecule has 84 valence electrons. The van der Waals surface area contributed by atoms with E-state index >= 15 is 0 Å². The highest BCUT2D eigenvalue weighted by atomic mass is 16.6. The van der Waals surface area contributed by atoms with Gasteiger partial charge < -0.3 is 14.9 Å². The molecule has 1 amide bonds. The Hall–Kier alpha value is -2.45. The number of rotatable bonds is 3. The largest absolute Gasteiger partial charge is 0.446 e. The van der Waals surface area contributed by atoms with Gasteiger partial charge in [0.1, 0.15) is 19.0 Å². The van der Waals surface area contributed by atoms with Gasteiger partial charge in [-0.3, -0.25) is 0 Å². The first-order chi connectivity index (χ1) is 7.66. The molecule has 1 saturated heterocycles. The Morgan fingerprint density at radius 2 is 2.56 bits per heavy atom. The Bertz CT molecular complexity index is 453. The van der Waals surface area contributed by atoms with Crippen molar-refractivity contribution in [3.63, 3.8) is 0 Å². The molecule has 1 N–H and O–H groups in total. The molecule has 1 aliphatic heterocycles. The molecule has 1 aromatic rings. The predicted molar refractivity (Wildman–Crippen MR) is 50.9 cm³/mol. The molecular formula is C7H7N5O4. The minimum Gasteiger partial charge on any atom is -0.446 e. The van der Waals surface area contributed by atoms with Crippen molar-refractivity contribution in [3.8, 4) is 0 Å². The van der Waals surface area contributed by atoms with Crippen LogP contribution in [-0.4, -0.2) is 45.4 Å². The van der Waals surface area contributed by atoms with Crippen molar-refractivity contribution in [2.75, 3.05) is 13.2 Å². The van der Waals surface area contributed by atoms with Crippen LogP contribution >= 0.6 is 0 Å². The molecule has 0 aliphatic carbocycles. The maximum absolute atomic E-state index is 11.0. The molecule has 9 nitrogen and oxygen atoms in total. The summed E-state index contributed by atoms with van der Waals surface area (Å²) >= 11 is 0. The summed E-state index contributed by atoms with van der Waals surface area (Å²) < 4.78 is 4.63. The van der Waals surface area contributed by atoms with Crippen LogP contribution in [0.25, 0.3) is 0 Å². The number of imidazole rings is 1. The number of aromatic amines is 1. The van der Waals surface area contributed by atoms with Gasteiger partial charge in [0.25, 0.3) is 0 Å². The van der Waals surface area contributed by atoms with Gasteiger partial charge in [-0.1, -0.05) is 0 Å². The van der Waals surface area contributed by atoms with Crippen molar-refractivity contribution < 1.29 is 14.5 Å². The van der Waals surface area contributed by atoms with Crippen molar-refractivity contribution in [2.24, 2.45) is 5.10 Å². The first-order valence-electron chi connectivity index (χ1n) is 4.34. The number of hydrogen-bond donors (Lipinski definition) is 1. The Labute approximate surface area is 88.9 Å². The van der Waals surface area contributed by atoms with Gasteiger partial charge in [-0.05, 0) is 4.92 Å². The molecule has 0 spiro atoms. The second kappa shape index (κ2) is 3.96. The minimum absolute atomic E-state index is 0.200. The number of cyclic esters (lactones) is 1. The summed E-state index contributed by atoms with van der Waals surface area (Å²) in [6.45, 7) is 0.645. The number of nitrogens with one attached hydrogen (secondary N) is 1. The van der Waals surface area contributed by atoms with Crippen LogP contribution < -0.4 is 0 Å². The molecule has 9 heteroatoms. The first kappa shape index (κ1) is 10.1. The average Bonchev–Trinajstić information content (AvgIpc) is 2.83. The third-order valence-electron chi connectivity index (χ3n) is 1.84. The summed E-state index contributed by atoms with van der Waals surface area (Å²) in [5.41, 5.74) is 0. The molecule has 0 unspecified atom stereocenters. The summed E-state index contributed by atoms with van der Waals surface area (Å²) in [4.78, 5) is 26.8. The Kier molecular flexibility index (Phi) is 2.50. The van der Waals surface area contributed by atoms with Crippen molar-refractivity contribution in [1.29, 1.82) is 0 Å². The third-order valence-corrected chi connectivity index (χ3v) is 1.84. The van der Waals surface area contributed by atoms with Crippen LogP contribution in [0.3, 0.4) is 0 Å². The number of hydrogen-bond acceptors (Lipinski definition) is 6. The first-order valence-corrected chi connectivity index (χ1v) is 4.34. The fraction of sp³-hybridized carbons (Fsp3) is 0.286. The smallest absolute Gasteiger partial charge is 0.430 e. The number of nitrogens with zero attached hydrogens (tertiary/aromatic N) is 4. The number of amides is 1. The van der Waals surface area contributed by atoms with Crippen molar-refractivity contribution >= 4 is 18.1 Å². The van der Waals surface area contributed by atoms with E-state index in [2.05, 4.69) is 19.8 Å². The van der Waals surface area contributed by atoms with Crippen LogP contribution in [0, 0.1) is 10.1 Å². The predicted octanol–water partition coefficient (Wildman–Crippen LogP) is 0.104. The van der Waals surface area contributed by atoms with Crippen molar-refractivity contribution in [3.05, 3.63) is 22.1 Å². The monoisotopic (exact) mass is 225 g/mol. The summed E-state index contributed by atoms with van der Waals surface area (Å²) in [5.74, 6) is -0.0307. The Morgan fingerprint density at radius 1 is 1.75 bits per heavy atom.